The Morgan fingerprint density at radius 1 is 1.37 bits per heavy atom. The van der Waals surface area contributed by atoms with Crippen molar-refractivity contribution in [3.8, 4) is 0 Å². The summed E-state index contributed by atoms with van der Waals surface area (Å²) in [5.41, 5.74) is -0.468. The lowest BCUT2D eigenvalue weighted by molar-refractivity contribution is -0.497. The summed E-state index contributed by atoms with van der Waals surface area (Å²) >= 11 is 0. The van der Waals surface area contributed by atoms with Crippen molar-refractivity contribution in [3.63, 3.8) is 0 Å². The average molecular weight is 273 g/mol. The van der Waals surface area contributed by atoms with Gasteiger partial charge in [-0.05, 0) is 11.8 Å². The normalized spacial score (nSPS) is 18.7. The molecule has 0 amide bonds. The minimum absolute atomic E-state index is 0.405. The molecule has 0 N–H and O–H groups in total. The van der Waals surface area contributed by atoms with Crippen LogP contribution in [0.4, 0.5) is 0 Å². The monoisotopic (exact) mass is 273 g/mol. The van der Waals surface area contributed by atoms with Gasteiger partial charge in [0.2, 0.25) is 6.54 Å². The summed E-state index contributed by atoms with van der Waals surface area (Å²) < 4.78 is 9.93. The van der Waals surface area contributed by atoms with E-state index in [1.165, 1.54) is 0 Å². The highest BCUT2D eigenvalue weighted by molar-refractivity contribution is 5.92. The second kappa shape index (κ2) is 5.99. The van der Waals surface area contributed by atoms with E-state index in [1.54, 1.807) is 0 Å². The van der Waals surface area contributed by atoms with Crippen molar-refractivity contribution in [1.82, 2.24) is 0 Å². The highest BCUT2D eigenvalue weighted by Gasteiger charge is 2.45. The third-order valence-corrected chi connectivity index (χ3v) is 3.36. The second-order valence-corrected chi connectivity index (χ2v) is 5.39. The van der Waals surface area contributed by atoms with Crippen LogP contribution in [0.1, 0.15) is 40.0 Å². The summed E-state index contributed by atoms with van der Waals surface area (Å²) in [6.45, 7) is 5.25. The molecule has 0 aromatic rings. The summed E-state index contributed by atoms with van der Waals surface area (Å²) in [4.78, 5) is 32.8. The topological polar surface area (TPSA) is 95.7 Å². The van der Waals surface area contributed by atoms with E-state index in [2.05, 4.69) is 0 Å². The number of esters is 2. The van der Waals surface area contributed by atoms with Crippen LogP contribution in [0.5, 0.6) is 0 Å². The summed E-state index contributed by atoms with van der Waals surface area (Å²) in [6.07, 6.45) is -0.0660. The summed E-state index contributed by atoms with van der Waals surface area (Å²) in [5.74, 6) is -2.04. The minimum Gasteiger partial charge on any atom is -0.424 e. The molecule has 0 radical (unpaired) electrons. The molecule has 0 spiro atoms. The fraction of sp³-hybridized carbons (Fsp3) is 0.833. The fourth-order valence-electron chi connectivity index (χ4n) is 2.34. The Kier molecular flexibility index (Phi) is 4.85. The van der Waals surface area contributed by atoms with Crippen molar-refractivity contribution in [2.45, 2.75) is 46.3 Å². The summed E-state index contributed by atoms with van der Waals surface area (Å²) in [5, 5.41) is 10.8. The van der Waals surface area contributed by atoms with Gasteiger partial charge in [0, 0.05) is 4.92 Å². The molecule has 0 aromatic carbocycles. The lowest BCUT2D eigenvalue weighted by Gasteiger charge is -2.37. The zero-order valence-corrected chi connectivity index (χ0v) is 11.4. The van der Waals surface area contributed by atoms with Crippen LogP contribution >= 0.6 is 0 Å². The van der Waals surface area contributed by atoms with Gasteiger partial charge in [0.15, 0.2) is 0 Å². The first kappa shape index (κ1) is 15.4. The zero-order valence-electron chi connectivity index (χ0n) is 11.4. The molecule has 1 fully saturated rings. The molecule has 0 saturated carbocycles. The minimum atomic E-state index is -1.17. The van der Waals surface area contributed by atoms with Crippen LogP contribution in [0.15, 0.2) is 0 Å². The molecule has 7 heteroatoms. The number of nitro groups is 1. The van der Waals surface area contributed by atoms with Gasteiger partial charge in [-0.25, -0.2) is 0 Å². The number of carbonyl (C=O) groups excluding carboxylic acids is 2. The lowest BCUT2D eigenvalue weighted by atomic mass is 9.75. The predicted octanol–water partition coefficient (Wildman–Crippen LogP) is 1.52. The molecular weight excluding hydrogens is 254 g/mol. The first-order valence-corrected chi connectivity index (χ1v) is 6.27. The highest BCUT2D eigenvalue weighted by Crippen LogP contribution is 2.37. The Hall–Kier alpha value is -1.66. The van der Waals surface area contributed by atoms with Crippen molar-refractivity contribution >= 4 is 11.9 Å². The summed E-state index contributed by atoms with van der Waals surface area (Å²) in [6, 6.07) is 0. The van der Waals surface area contributed by atoms with Gasteiger partial charge >= 0.3 is 11.9 Å². The van der Waals surface area contributed by atoms with Crippen molar-refractivity contribution < 1.29 is 24.0 Å². The Balaban J connectivity index is 2.92. The van der Waals surface area contributed by atoms with Gasteiger partial charge in [-0.3, -0.25) is 19.7 Å². The molecule has 7 nitrogen and oxygen atoms in total. The Morgan fingerprint density at radius 2 is 1.89 bits per heavy atom. The second-order valence-electron chi connectivity index (χ2n) is 5.39. The van der Waals surface area contributed by atoms with Crippen LogP contribution in [-0.2, 0) is 19.1 Å². The smallest absolute Gasteiger partial charge is 0.320 e. The van der Waals surface area contributed by atoms with Crippen LogP contribution in [-0.4, -0.2) is 29.7 Å². The van der Waals surface area contributed by atoms with Crippen LogP contribution in [0, 0.1) is 21.4 Å². The Morgan fingerprint density at radius 3 is 2.32 bits per heavy atom. The molecule has 1 saturated heterocycles. The van der Waals surface area contributed by atoms with E-state index in [9.17, 15) is 19.7 Å². The number of rotatable bonds is 6. The van der Waals surface area contributed by atoms with E-state index in [4.69, 9.17) is 9.47 Å². The van der Waals surface area contributed by atoms with Gasteiger partial charge in [-0.15, -0.1) is 0 Å². The first-order chi connectivity index (χ1) is 8.76. The Bertz CT molecular complexity index is 362. The van der Waals surface area contributed by atoms with Gasteiger partial charge in [0.25, 0.3) is 6.29 Å². The van der Waals surface area contributed by atoms with Crippen LogP contribution in [0.25, 0.3) is 0 Å². The van der Waals surface area contributed by atoms with Crippen molar-refractivity contribution in [3.05, 3.63) is 10.1 Å². The Labute approximate surface area is 111 Å². The van der Waals surface area contributed by atoms with Crippen LogP contribution < -0.4 is 0 Å². The molecule has 1 unspecified atom stereocenters. The van der Waals surface area contributed by atoms with Gasteiger partial charge in [-0.1, -0.05) is 27.2 Å². The van der Waals surface area contributed by atoms with Crippen molar-refractivity contribution in [2.24, 2.45) is 11.3 Å². The molecule has 108 valence electrons. The number of nitrogens with zero attached hydrogens (tertiary/aromatic N) is 1. The van der Waals surface area contributed by atoms with Gasteiger partial charge in [0.1, 0.15) is 12.3 Å². The molecule has 1 rings (SSSR count). The molecule has 0 aliphatic carbocycles. The van der Waals surface area contributed by atoms with Gasteiger partial charge in [-0.2, -0.15) is 0 Å². The molecule has 1 aliphatic rings. The number of carbonyl (C=O) groups is 2. The van der Waals surface area contributed by atoms with E-state index in [1.807, 2.05) is 20.8 Å². The number of hydrogen-bond acceptors (Lipinski definition) is 6. The summed E-state index contributed by atoms with van der Waals surface area (Å²) in [7, 11) is 0. The predicted molar refractivity (Wildman–Crippen MR) is 64.6 cm³/mol. The molecule has 1 atom stereocenters. The van der Waals surface area contributed by atoms with Crippen LogP contribution in [0.3, 0.4) is 0 Å². The van der Waals surface area contributed by atoms with Gasteiger partial charge in [0.05, 0.1) is 0 Å². The van der Waals surface area contributed by atoms with E-state index in [0.29, 0.717) is 6.42 Å². The van der Waals surface area contributed by atoms with E-state index in [-0.39, 0.29) is 0 Å². The molecule has 19 heavy (non-hydrogen) atoms. The number of cyclic esters (lactones) is 2. The lowest BCUT2D eigenvalue weighted by Crippen LogP contribution is -2.46. The molecule has 0 bridgehead atoms. The third kappa shape index (κ3) is 4.18. The number of ether oxygens (including phenoxy) is 2. The average Bonchev–Trinajstić information content (AvgIpc) is 2.23. The fourth-order valence-corrected chi connectivity index (χ4v) is 2.34. The molecule has 1 heterocycles. The molecular formula is C12H19NO6. The van der Waals surface area contributed by atoms with E-state index in [0.717, 1.165) is 6.42 Å². The maximum Gasteiger partial charge on any atom is 0.320 e. The zero-order chi connectivity index (χ0) is 14.6. The van der Waals surface area contributed by atoms with E-state index >= 15 is 0 Å². The molecule has 1 aliphatic heterocycles. The molecule has 0 aromatic heterocycles. The standard InChI is InChI=1S/C12H19NO6/c1-4-5-12(2,3)8(7-13(16)17)11-18-9(14)6-10(15)19-11/h8,11H,4-7H2,1-3H3. The number of hydrogen-bond donors (Lipinski definition) is 0. The van der Waals surface area contributed by atoms with E-state index < -0.39 is 47.5 Å². The maximum absolute atomic E-state index is 11.3. The quantitative estimate of drug-likeness (QED) is 0.315. The first-order valence-electron chi connectivity index (χ1n) is 6.27. The maximum atomic E-state index is 11.3. The largest absolute Gasteiger partial charge is 0.424 e. The van der Waals surface area contributed by atoms with Crippen molar-refractivity contribution in [2.75, 3.05) is 6.54 Å². The van der Waals surface area contributed by atoms with Crippen molar-refractivity contribution in [1.29, 1.82) is 0 Å². The highest BCUT2D eigenvalue weighted by atomic mass is 16.7. The SMILES string of the molecule is CCCC(C)(C)C(C[N+](=O)[O-])C1OC(=O)CC(=O)O1. The van der Waals surface area contributed by atoms with Gasteiger partial charge < -0.3 is 9.47 Å². The van der Waals surface area contributed by atoms with Crippen LogP contribution in [0.2, 0.25) is 0 Å². The third-order valence-electron chi connectivity index (χ3n) is 3.36.